The number of nitrogens with one attached hydrogen (secondary N) is 1. The quantitative estimate of drug-likeness (QED) is 0.470. The van der Waals surface area contributed by atoms with Crippen LogP contribution in [-0.4, -0.2) is 36.1 Å². The van der Waals surface area contributed by atoms with E-state index in [0.717, 1.165) is 19.4 Å². The molecule has 2 bridgehead atoms. The van der Waals surface area contributed by atoms with Gasteiger partial charge in [0.25, 0.3) is 0 Å². The Labute approximate surface area is 205 Å². The number of likely N-dealkylation sites (tertiary alicyclic amines) is 1. The van der Waals surface area contributed by atoms with Gasteiger partial charge in [0.15, 0.2) is 0 Å². The van der Waals surface area contributed by atoms with E-state index in [2.05, 4.69) is 34.5 Å². The van der Waals surface area contributed by atoms with Gasteiger partial charge < -0.3 is 5.32 Å². The van der Waals surface area contributed by atoms with Gasteiger partial charge in [0.1, 0.15) is 0 Å². The zero-order valence-electron chi connectivity index (χ0n) is 17.5. The predicted molar refractivity (Wildman–Crippen MR) is 132 cm³/mol. The Kier molecular flexibility index (Phi) is 6.51. The molecule has 4 aliphatic rings. The van der Waals surface area contributed by atoms with E-state index in [0.29, 0.717) is 38.0 Å². The van der Waals surface area contributed by atoms with Crippen molar-refractivity contribution >= 4 is 46.4 Å². The molecular weight excluding hydrogens is 470 g/mol. The summed E-state index contributed by atoms with van der Waals surface area (Å²) in [5.41, 5.74) is 2.74. The van der Waals surface area contributed by atoms with Crippen molar-refractivity contribution in [3.8, 4) is 0 Å². The molecule has 1 aliphatic carbocycles. The molecule has 0 radical (unpaired) electrons. The molecular formula is C25H28Cl4N2. The third kappa shape index (κ3) is 4.25. The molecule has 3 aliphatic heterocycles. The van der Waals surface area contributed by atoms with Crippen LogP contribution in [-0.2, 0) is 0 Å². The van der Waals surface area contributed by atoms with Crippen LogP contribution in [0.4, 0.5) is 0 Å². The van der Waals surface area contributed by atoms with Crippen LogP contribution in [0.3, 0.4) is 0 Å². The third-order valence-corrected chi connectivity index (χ3v) is 9.29. The fraction of sp³-hybridized carbons (Fsp3) is 0.520. The largest absolute Gasteiger partial charge is 0.313 e. The van der Waals surface area contributed by atoms with E-state index in [1.807, 2.05) is 12.1 Å². The lowest BCUT2D eigenvalue weighted by Crippen LogP contribution is -2.56. The summed E-state index contributed by atoms with van der Waals surface area (Å²) in [4.78, 5) is 2.80. The Hall–Kier alpha value is -0.480. The molecule has 3 saturated heterocycles. The van der Waals surface area contributed by atoms with Crippen LogP contribution < -0.4 is 5.32 Å². The van der Waals surface area contributed by atoms with Crippen molar-refractivity contribution < 1.29 is 0 Å². The van der Waals surface area contributed by atoms with Crippen LogP contribution in [0.25, 0.3) is 0 Å². The summed E-state index contributed by atoms with van der Waals surface area (Å²) in [5, 5.41) is 6.43. The van der Waals surface area contributed by atoms with Crippen LogP contribution in [0, 0.1) is 0 Å². The Morgan fingerprint density at radius 1 is 0.742 bits per heavy atom. The Bertz CT molecular complexity index is 895. The molecule has 31 heavy (non-hydrogen) atoms. The minimum atomic E-state index is 0.188. The van der Waals surface area contributed by atoms with Gasteiger partial charge >= 0.3 is 0 Å². The highest BCUT2D eigenvalue weighted by Gasteiger charge is 2.51. The number of piperidine rings is 1. The molecule has 4 fully saturated rings. The van der Waals surface area contributed by atoms with Crippen molar-refractivity contribution in [3.63, 3.8) is 0 Å². The summed E-state index contributed by atoms with van der Waals surface area (Å²) >= 11 is 25.4. The van der Waals surface area contributed by atoms with Gasteiger partial charge in [-0.1, -0.05) is 65.0 Å². The molecule has 1 saturated carbocycles. The summed E-state index contributed by atoms with van der Waals surface area (Å²) in [6.07, 6.45) is 7.43. The van der Waals surface area contributed by atoms with E-state index < -0.39 is 0 Å². The highest BCUT2D eigenvalue weighted by molar-refractivity contribution is 6.42. The van der Waals surface area contributed by atoms with Gasteiger partial charge in [0, 0.05) is 23.4 Å². The molecule has 2 aromatic rings. The summed E-state index contributed by atoms with van der Waals surface area (Å²) < 4.78 is 0. The van der Waals surface area contributed by atoms with Crippen LogP contribution in [0.15, 0.2) is 36.4 Å². The fourth-order valence-corrected chi connectivity index (χ4v) is 6.93. The lowest BCUT2D eigenvalue weighted by molar-refractivity contribution is 0.0205. The van der Waals surface area contributed by atoms with Crippen molar-refractivity contribution in [1.82, 2.24) is 10.2 Å². The van der Waals surface area contributed by atoms with Crippen LogP contribution in [0.5, 0.6) is 0 Å². The van der Waals surface area contributed by atoms with E-state index >= 15 is 0 Å². The van der Waals surface area contributed by atoms with Gasteiger partial charge in [0.2, 0.25) is 0 Å². The molecule has 2 nitrogen and oxygen atoms in total. The van der Waals surface area contributed by atoms with E-state index in [9.17, 15) is 0 Å². The van der Waals surface area contributed by atoms with Gasteiger partial charge in [0.05, 0.1) is 20.1 Å². The molecule has 0 aromatic heterocycles. The van der Waals surface area contributed by atoms with E-state index in [-0.39, 0.29) is 5.54 Å². The Morgan fingerprint density at radius 2 is 1.29 bits per heavy atom. The highest BCUT2D eigenvalue weighted by Crippen LogP contribution is 2.52. The molecule has 0 amide bonds. The van der Waals surface area contributed by atoms with Crippen molar-refractivity contribution in [2.24, 2.45) is 0 Å². The molecule has 2 unspecified atom stereocenters. The molecule has 1 N–H and O–H groups in total. The second-order valence-corrected chi connectivity index (χ2v) is 11.1. The minimum absolute atomic E-state index is 0.188. The topological polar surface area (TPSA) is 15.3 Å². The van der Waals surface area contributed by atoms with Gasteiger partial charge in [-0.3, -0.25) is 4.90 Å². The minimum Gasteiger partial charge on any atom is -0.313 e. The molecule has 6 rings (SSSR count). The maximum absolute atomic E-state index is 6.46. The van der Waals surface area contributed by atoms with Crippen molar-refractivity contribution in [2.45, 2.75) is 61.9 Å². The van der Waals surface area contributed by atoms with Gasteiger partial charge in [-0.25, -0.2) is 0 Å². The molecule has 2 aromatic carbocycles. The normalized spacial score (nSPS) is 31.5. The van der Waals surface area contributed by atoms with E-state index in [1.54, 1.807) is 0 Å². The zero-order valence-corrected chi connectivity index (χ0v) is 20.5. The second-order valence-electron chi connectivity index (χ2n) is 9.47. The van der Waals surface area contributed by atoms with Crippen molar-refractivity contribution in [2.75, 3.05) is 19.6 Å². The first-order valence-corrected chi connectivity index (χ1v) is 12.9. The fourth-order valence-electron chi connectivity index (χ4n) is 6.32. The number of hydrogen-bond donors (Lipinski definition) is 1. The number of fused-ring (bicyclic) bond motifs is 4. The van der Waals surface area contributed by atoms with E-state index in [1.165, 1.54) is 49.9 Å². The zero-order chi connectivity index (χ0) is 21.6. The van der Waals surface area contributed by atoms with Crippen molar-refractivity contribution in [1.29, 1.82) is 0 Å². The average molecular weight is 498 g/mol. The molecule has 166 valence electrons. The number of halogens is 4. The van der Waals surface area contributed by atoms with Crippen LogP contribution in [0.2, 0.25) is 20.1 Å². The summed E-state index contributed by atoms with van der Waals surface area (Å²) in [7, 11) is 0. The lowest BCUT2D eigenvalue weighted by Gasteiger charge is -2.53. The predicted octanol–water partition coefficient (Wildman–Crippen LogP) is 7.55. The maximum Gasteiger partial charge on any atom is 0.0595 e. The number of benzene rings is 2. The Balaban J connectivity index is 1.59. The summed E-state index contributed by atoms with van der Waals surface area (Å²) in [6, 6.07) is 12.7. The smallest absolute Gasteiger partial charge is 0.0595 e. The number of nitrogens with zero attached hydrogens (tertiary/aromatic N) is 1. The lowest BCUT2D eigenvalue weighted by atomic mass is 9.63. The first-order valence-electron chi connectivity index (χ1n) is 11.4. The molecule has 3 heterocycles. The van der Waals surface area contributed by atoms with Gasteiger partial charge in [-0.2, -0.15) is 0 Å². The standard InChI is InChI=1S/C25H28Cl4N2/c26-20-6-4-16(12-22(20)28)18-14-25(31-10-2-1-3-11-31)8-9-30-24(18)19(15-25)17-5-7-21(27)23(29)13-17/h4-7,12-13,18-19,24,30H,1-3,8-11,14-15H2. The highest BCUT2D eigenvalue weighted by atomic mass is 35.5. The number of rotatable bonds is 3. The van der Waals surface area contributed by atoms with Crippen LogP contribution in [0.1, 0.15) is 61.5 Å². The second kappa shape index (κ2) is 9.05. The summed E-state index contributed by atoms with van der Waals surface area (Å²) in [6.45, 7) is 3.44. The van der Waals surface area contributed by atoms with Crippen molar-refractivity contribution in [3.05, 3.63) is 67.6 Å². The molecule has 2 atom stereocenters. The summed E-state index contributed by atoms with van der Waals surface area (Å²) in [5.74, 6) is 0.736. The third-order valence-electron chi connectivity index (χ3n) is 7.81. The first-order chi connectivity index (χ1) is 15.0. The van der Waals surface area contributed by atoms with Crippen LogP contribution >= 0.6 is 46.4 Å². The Morgan fingerprint density at radius 3 is 1.81 bits per heavy atom. The van der Waals surface area contributed by atoms with Gasteiger partial charge in [-0.05, 0) is 87.1 Å². The average Bonchev–Trinajstić information content (AvgIpc) is 3.10. The monoisotopic (exact) mass is 496 g/mol. The first kappa shape index (κ1) is 22.3. The number of hydrogen-bond acceptors (Lipinski definition) is 2. The maximum atomic E-state index is 6.46. The molecule has 0 spiro atoms. The SMILES string of the molecule is Clc1ccc(C2CC3(N4CCCCC4)CCNC2C(c2ccc(Cl)c(Cl)c2)C3)cc1Cl. The molecule has 6 heteroatoms. The van der Waals surface area contributed by atoms with Gasteiger partial charge in [-0.15, -0.1) is 0 Å². The van der Waals surface area contributed by atoms with E-state index in [4.69, 9.17) is 46.4 Å².